The number of halogens is 4. The molecule has 1 aliphatic carbocycles. The van der Waals surface area contributed by atoms with Gasteiger partial charge in [-0.1, -0.05) is 18.4 Å². The van der Waals surface area contributed by atoms with E-state index in [2.05, 4.69) is 27.8 Å². The standard InChI is InChI=1S/C36H37F4N5O2/c1-3-24-27(37)10-9-22-16-23(46)17-25(30(22)24)32-31(40)33-26(18-41-32)34(45-14-5-7-21(19-45)15-29(38)39)43-35(42-33)47-20-36-11-4-8-28(36)44(2)13-6-12-36/h1,9-10,16-18,21,28-29,46H,4-8,11-15,19-20H2,2H3. The highest BCUT2D eigenvalue weighted by Crippen LogP contribution is 2.47. The van der Waals surface area contributed by atoms with Crippen molar-refractivity contribution in [3.8, 4) is 35.4 Å². The highest BCUT2D eigenvalue weighted by molar-refractivity contribution is 6.03. The third-order valence-electron chi connectivity index (χ3n) is 10.5. The van der Waals surface area contributed by atoms with Crippen molar-refractivity contribution in [1.29, 1.82) is 0 Å². The summed E-state index contributed by atoms with van der Waals surface area (Å²) >= 11 is 0. The normalized spacial score (nSPS) is 23.4. The van der Waals surface area contributed by atoms with Crippen LogP contribution in [0.4, 0.5) is 23.4 Å². The van der Waals surface area contributed by atoms with Crippen molar-refractivity contribution in [3.05, 3.63) is 47.7 Å². The van der Waals surface area contributed by atoms with Crippen molar-refractivity contribution in [2.24, 2.45) is 11.3 Å². The number of pyridine rings is 1. The minimum absolute atomic E-state index is 0.00362. The largest absolute Gasteiger partial charge is 0.508 e. The first-order chi connectivity index (χ1) is 22.7. The Hall–Kier alpha value is -4.17. The Morgan fingerprint density at radius 1 is 1.11 bits per heavy atom. The number of aromatic hydroxyl groups is 1. The maximum atomic E-state index is 16.8. The molecule has 3 unspecified atom stereocenters. The van der Waals surface area contributed by atoms with Crippen LogP contribution < -0.4 is 9.64 Å². The second-order valence-corrected chi connectivity index (χ2v) is 13.4. The fourth-order valence-electron chi connectivity index (χ4n) is 8.35. The lowest BCUT2D eigenvalue weighted by Crippen LogP contribution is -2.50. The lowest BCUT2D eigenvalue weighted by Gasteiger charge is -2.44. The minimum atomic E-state index is -2.43. The van der Waals surface area contributed by atoms with Crippen LogP contribution in [0.15, 0.2) is 30.5 Å². The number of rotatable bonds is 7. The number of nitrogens with zero attached hydrogens (tertiary/aromatic N) is 5. The zero-order valence-corrected chi connectivity index (χ0v) is 26.3. The molecule has 0 radical (unpaired) electrons. The van der Waals surface area contributed by atoms with Crippen LogP contribution in [0.2, 0.25) is 0 Å². The Morgan fingerprint density at radius 2 is 1.94 bits per heavy atom. The van der Waals surface area contributed by atoms with E-state index in [4.69, 9.17) is 16.1 Å². The van der Waals surface area contributed by atoms with Gasteiger partial charge >= 0.3 is 6.01 Å². The third kappa shape index (κ3) is 5.71. The van der Waals surface area contributed by atoms with Crippen molar-refractivity contribution in [2.75, 3.05) is 38.2 Å². The molecule has 2 aliphatic heterocycles. The van der Waals surface area contributed by atoms with Gasteiger partial charge in [0, 0.05) is 48.1 Å². The van der Waals surface area contributed by atoms with Crippen LogP contribution in [0.1, 0.15) is 56.9 Å². The Labute approximate surface area is 271 Å². The highest BCUT2D eigenvalue weighted by atomic mass is 19.3. The summed E-state index contributed by atoms with van der Waals surface area (Å²) in [4.78, 5) is 18.1. The number of phenolic OH excluding ortho intramolecular Hbond substituents is 1. The topological polar surface area (TPSA) is 74.6 Å². The molecule has 47 heavy (non-hydrogen) atoms. The fourth-order valence-corrected chi connectivity index (χ4v) is 8.35. The van der Waals surface area contributed by atoms with Gasteiger partial charge in [-0.05, 0) is 81.6 Å². The number of hydrogen-bond acceptors (Lipinski definition) is 7. The van der Waals surface area contributed by atoms with Gasteiger partial charge in [-0.3, -0.25) is 4.98 Å². The number of hydrogen-bond donors (Lipinski definition) is 1. The molecule has 3 atom stereocenters. The molecule has 3 fully saturated rings. The lowest BCUT2D eigenvalue weighted by atomic mass is 9.76. The molecule has 0 bridgehead atoms. The molecule has 2 aromatic heterocycles. The van der Waals surface area contributed by atoms with E-state index >= 15 is 4.39 Å². The van der Waals surface area contributed by atoms with E-state index in [-0.39, 0.29) is 57.2 Å². The Balaban J connectivity index is 1.36. The van der Waals surface area contributed by atoms with Crippen molar-refractivity contribution >= 4 is 27.5 Å². The van der Waals surface area contributed by atoms with Crippen molar-refractivity contribution in [2.45, 2.75) is 63.8 Å². The van der Waals surface area contributed by atoms with Crippen molar-refractivity contribution in [3.63, 3.8) is 0 Å². The first kappa shape index (κ1) is 31.4. The molecule has 246 valence electrons. The molecule has 7 rings (SSSR count). The zero-order chi connectivity index (χ0) is 32.9. The number of phenols is 1. The second kappa shape index (κ2) is 12.5. The molecular formula is C36H37F4N5O2. The number of ether oxygens (including phenoxy) is 1. The molecule has 1 N–H and O–H groups in total. The molecule has 4 heterocycles. The Morgan fingerprint density at radius 3 is 2.74 bits per heavy atom. The van der Waals surface area contributed by atoms with Crippen LogP contribution in [0.25, 0.3) is 32.9 Å². The van der Waals surface area contributed by atoms with Gasteiger partial charge in [-0.15, -0.1) is 6.42 Å². The van der Waals surface area contributed by atoms with Gasteiger partial charge in [-0.25, -0.2) is 17.6 Å². The summed E-state index contributed by atoms with van der Waals surface area (Å²) in [6.45, 7) is 2.29. The Bertz CT molecular complexity index is 1880. The molecule has 0 amide bonds. The molecule has 11 heteroatoms. The van der Waals surface area contributed by atoms with Crippen LogP contribution in [-0.2, 0) is 0 Å². The maximum Gasteiger partial charge on any atom is 0.319 e. The zero-order valence-electron chi connectivity index (χ0n) is 26.3. The van der Waals surface area contributed by atoms with Gasteiger partial charge in [0.05, 0.1) is 17.6 Å². The molecule has 2 aromatic carbocycles. The van der Waals surface area contributed by atoms with Gasteiger partial charge < -0.3 is 19.6 Å². The number of aromatic nitrogens is 3. The number of alkyl halides is 2. The summed E-state index contributed by atoms with van der Waals surface area (Å²) in [5.41, 5.74) is -0.261. The number of fused-ring (bicyclic) bond motifs is 3. The van der Waals surface area contributed by atoms with Crippen LogP contribution >= 0.6 is 0 Å². The van der Waals surface area contributed by atoms with Crippen LogP contribution in [0.3, 0.4) is 0 Å². The van der Waals surface area contributed by atoms with Crippen LogP contribution in [-0.4, -0.2) is 70.7 Å². The predicted molar refractivity (Wildman–Crippen MR) is 173 cm³/mol. The molecule has 2 saturated heterocycles. The van der Waals surface area contributed by atoms with E-state index in [0.29, 0.717) is 55.2 Å². The first-order valence-electron chi connectivity index (χ1n) is 16.3. The van der Waals surface area contributed by atoms with E-state index in [0.717, 1.165) is 38.6 Å². The van der Waals surface area contributed by atoms with E-state index in [9.17, 15) is 18.3 Å². The van der Waals surface area contributed by atoms with Crippen molar-refractivity contribution < 1.29 is 27.4 Å². The summed E-state index contributed by atoms with van der Waals surface area (Å²) in [5.74, 6) is 0.841. The fraction of sp³-hybridized carbons (Fsp3) is 0.472. The second-order valence-electron chi connectivity index (χ2n) is 13.4. The molecular weight excluding hydrogens is 610 g/mol. The number of benzene rings is 2. The van der Waals surface area contributed by atoms with Crippen LogP contribution in [0, 0.1) is 35.3 Å². The predicted octanol–water partition coefficient (Wildman–Crippen LogP) is 7.33. The molecule has 1 saturated carbocycles. The average Bonchev–Trinajstić information content (AvgIpc) is 3.49. The summed E-state index contributed by atoms with van der Waals surface area (Å²) in [7, 11) is 2.15. The van der Waals surface area contributed by atoms with E-state index in [1.165, 1.54) is 30.5 Å². The lowest BCUT2D eigenvalue weighted by molar-refractivity contribution is 0.0133. The average molecular weight is 648 g/mol. The van der Waals surface area contributed by atoms with Crippen LogP contribution in [0.5, 0.6) is 11.8 Å². The highest BCUT2D eigenvalue weighted by Gasteiger charge is 2.47. The number of piperidine rings is 2. The monoisotopic (exact) mass is 647 g/mol. The van der Waals surface area contributed by atoms with Gasteiger partial charge in [0.1, 0.15) is 28.6 Å². The first-order valence-corrected chi connectivity index (χ1v) is 16.3. The van der Waals surface area contributed by atoms with E-state index < -0.39 is 18.1 Å². The summed E-state index contributed by atoms with van der Waals surface area (Å²) in [6.07, 6.45) is 11.1. The number of terminal acetylenes is 1. The third-order valence-corrected chi connectivity index (χ3v) is 10.5. The maximum absolute atomic E-state index is 16.8. The summed E-state index contributed by atoms with van der Waals surface area (Å²) in [6, 6.07) is 5.78. The van der Waals surface area contributed by atoms with E-state index in [1.54, 1.807) is 0 Å². The molecule has 0 spiro atoms. The summed E-state index contributed by atoms with van der Waals surface area (Å²) in [5, 5.41) is 11.5. The van der Waals surface area contributed by atoms with E-state index in [1.807, 2.05) is 4.90 Å². The number of anilines is 1. The molecule has 4 aromatic rings. The van der Waals surface area contributed by atoms with Crippen molar-refractivity contribution in [1.82, 2.24) is 19.9 Å². The van der Waals surface area contributed by atoms with Gasteiger partial charge in [0.2, 0.25) is 6.43 Å². The number of likely N-dealkylation sites (tertiary alicyclic amines) is 1. The molecule has 7 nitrogen and oxygen atoms in total. The Kier molecular flexibility index (Phi) is 8.33. The van der Waals surface area contributed by atoms with Gasteiger partial charge in [-0.2, -0.15) is 9.97 Å². The molecule has 3 aliphatic rings. The quantitative estimate of drug-likeness (QED) is 0.166. The van der Waals surface area contributed by atoms with Gasteiger partial charge in [0.15, 0.2) is 5.82 Å². The SMILES string of the molecule is C#Cc1c(F)ccc2cc(O)cc(-c3ncc4c(N5CCCC(CC(F)F)C5)nc(OCC56CCCC5N(C)CCC6)nc4c3F)c12. The van der Waals surface area contributed by atoms with Gasteiger partial charge in [0.25, 0.3) is 0 Å². The minimum Gasteiger partial charge on any atom is -0.508 e. The smallest absolute Gasteiger partial charge is 0.319 e. The summed E-state index contributed by atoms with van der Waals surface area (Å²) < 4.78 is 64.8.